The van der Waals surface area contributed by atoms with Crippen molar-refractivity contribution < 1.29 is 13.9 Å². The van der Waals surface area contributed by atoms with Crippen LogP contribution in [0.25, 0.3) is 10.9 Å². The smallest absolute Gasteiger partial charge is 0.233 e. The molecular weight excluding hydrogens is 311 g/mol. The molecule has 1 N–H and O–H groups in total. The predicted molar refractivity (Wildman–Crippen MR) is 89.4 cm³/mol. The minimum absolute atomic E-state index is 0.286. The van der Waals surface area contributed by atoms with Crippen LogP contribution in [0.3, 0.4) is 0 Å². The number of ether oxygens (including phenoxy) is 2. The highest BCUT2D eigenvalue weighted by atomic mass is 19.1. The number of anilines is 2. The third-order valence-electron chi connectivity index (χ3n) is 3.23. The molecule has 24 heavy (non-hydrogen) atoms. The van der Waals surface area contributed by atoms with E-state index in [2.05, 4.69) is 20.3 Å². The molecule has 0 radical (unpaired) electrons. The lowest BCUT2D eigenvalue weighted by Gasteiger charge is -2.11. The Morgan fingerprint density at radius 1 is 1.04 bits per heavy atom. The van der Waals surface area contributed by atoms with Crippen molar-refractivity contribution in [3.8, 4) is 11.8 Å². The molecular formula is C17H17FN4O2. The van der Waals surface area contributed by atoms with Gasteiger partial charge in [0, 0.05) is 11.6 Å². The second-order valence-corrected chi connectivity index (χ2v) is 4.85. The summed E-state index contributed by atoms with van der Waals surface area (Å²) in [5, 5.41) is 3.72. The van der Waals surface area contributed by atoms with Crippen LogP contribution >= 0.6 is 0 Å². The SMILES string of the molecule is CCOc1cc(OCC)nc(Nc2ccnc3c(F)cccc23)n1. The molecule has 0 aliphatic rings. The summed E-state index contributed by atoms with van der Waals surface area (Å²) < 4.78 is 24.7. The number of nitrogens with one attached hydrogen (secondary N) is 1. The molecule has 0 atom stereocenters. The molecule has 7 heteroatoms. The van der Waals surface area contributed by atoms with Crippen LogP contribution in [0.15, 0.2) is 36.5 Å². The maximum atomic E-state index is 13.9. The van der Waals surface area contributed by atoms with E-state index in [0.717, 1.165) is 0 Å². The Kier molecular flexibility index (Phi) is 4.69. The monoisotopic (exact) mass is 328 g/mol. The molecule has 3 rings (SSSR count). The molecule has 0 bridgehead atoms. The van der Waals surface area contributed by atoms with Crippen molar-refractivity contribution in [2.45, 2.75) is 13.8 Å². The highest BCUT2D eigenvalue weighted by Gasteiger charge is 2.10. The van der Waals surface area contributed by atoms with Gasteiger partial charge in [0.1, 0.15) is 11.3 Å². The first kappa shape index (κ1) is 15.9. The number of pyridine rings is 1. The summed E-state index contributed by atoms with van der Waals surface area (Å²) in [6.45, 7) is 4.69. The second-order valence-electron chi connectivity index (χ2n) is 4.85. The highest BCUT2D eigenvalue weighted by molar-refractivity contribution is 5.92. The number of halogens is 1. The topological polar surface area (TPSA) is 69.2 Å². The molecule has 2 aromatic heterocycles. The van der Waals surface area contributed by atoms with Gasteiger partial charge in [-0.05, 0) is 26.0 Å². The molecule has 0 saturated heterocycles. The number of rotatable bonds is 6. The normalized spacial score (nSPS) is 10.6. The van der Waals surface area contributed by atoms with Crippen molar-refractivity contribution in [2.24, 2.45) is 0 Å². The van der Waals surface area contributed by atoms with E-state index in [-0.39, 0.29) is 11.3 Å². The Morgan fingerprint density at radius 3 is 2.42 bits per heavy atom. The largest absolute Gasteiger partial charge is 0.478 e. The molecule has 0 amide bonds. The summed E-state index contributed by atoms with van der Waals surface area (Å²) in [5.74, 6) is 0.738. The lowest BCUT2D eigenvalue weighted by molar-refractivity contribution is 0.306. The average Bonchev–Trinajstić information content (AvgIpc) is 2.56. The van der Waals surface area contributed by atoms with E-state index in [1.165, 1.54) is 12.3 Å². The van der Waals surface area contributed by atoms with Gasteiger partial charge in [0.2, 0.25) is 17.7 Å². The standard InChI is InChI=1S/C17H17FN4O2/c1-3-23-14-10-15(24-4-2)22-17(21-14)20-13-8-9-19-16-11(13)6-5-7-12(16)18/h5-10H,3-4H2,1-2H3,(H,19,20,21,22). The van der Waals surface area contributed by atoms with E-state index < -0.39 is 0 Å². The molecule has 1 aromatic carbocycles. The number of benzene rings is 1. The summed E-state index contributed by atoms with van der Waals surface area (Å²) in [5.41, 5.74) is 0.934. The van der Waals surface area contributed by atoms with Gasteiger partial charge in [-0.2, -0.15) is 9.97 Å². The molecule has 6 nitrogen and oxygen atoms in total. The molecule has 0 unspecified atom stereocenters. The van der Waals surface area contributed by atoms with Gasteiger partial charge in [0.05, 0.1) is 25.0 Å². The quantitative estimate of drug-likeness (QED) is 0.744. The summed E-state index contributed by atoms with van der Waals surface area (Å²) >= 11 is 0. The molecule has 2 heterocycles. The first-order valence-electron chi connectivity index (χ1n) is 7.66. The van der Waals surface area contributed by atoms with Gasteiger partial charge in [-0.3, -0.25) is 4.98 Å². The van der Waals surface area contributed by atoms with E-state index in [0.29, 0.717) is 42.0 Å². The van der Waals surface area contributed by atoms with Crippen LogP contribution in [0.4, 0.5) is 16.0 Å². The Labute approximate surface area is 138 Å². The Bertz CT molecular complexity index is 833. The van der Waals surface area contributed by atoms with Crippen molar-refractivity contribution in [1.29, 1.82) is 0 Å². The summed E-state index contributed by atoms with van der Waals surface area (Å²) in [7, 11) is 0. The van der Waals surface area contributed by atoms with Crippen LogP contribution in [0.5, 0.6) is 11.8 Å². The minimum atomic E-state index is -0.379. The molecule has 3 aromatic rings. The fraction of sp³-hybridized carbons (Fsp3) is 0.235. The van der Waals surface area contributed by atoms with Crippen molar-refractivity contribution in [3.05, 3.63) is 42.3 Å². The number of hydrogen-bond donors (Lipinski definition) is 1. The molecule has 0 aliphatic carbocycles. The molecule has 124 valence electrons. The van der Waals surface area contributed by atoms with Gasteiger partial charge in [-0.15, -0.1) is 0 Å². The lowest BCUT2D eigenvalue weighted by Crippen LogP contribution is -2.04. The summed E-state index contributed by atoms with van der Waals surface area (Å²) in [4.78, 5) is 12.7. The second kappa shape index (κ2) is 7.08. The van der Waals surface area contributed by atoms with Gasteiger partial charge < -0.3 is 14.8 Å². The zero-order chi connectivity index (χ0) is 16.9. The van der Waals surface area contributed by atoms with Gasteiger partial charge in [0.25, 0.3) is 0 Å². The molecule has 0 aliphatic heterocycles. The zero-order valence-corrected chi connectivity index (χ0v) is 13.4. The first-order chi connectivity index (χ1) is 11.7. The average molecular weight is 328 g/mol. The van der Waals surface area contributed by atoms with E-state index in [9.17, 15) is 4.39 Å². The van der Waals surface area contributed by atoms with E-state index in [1.807, 2.05) is 13.8 Å². The van der Waals surface area contributed by atoms with Gasteiger partial charge in [-0.1, -0.05) is 12.1 Å². The number of nitrogens with zero attached hydrogens (tertiary/aromatic N) is 3. The van der Waals surface area contributed by atoms with E-state index in [4.69, 9.17) is 9.47 Å². The highest BCUT2D eigenvalue weighted by Crippen LogP contribution is 2.27. The zero-order valence-electron chi connectivity index (χ0n) is 13.4. The van der Waals surface area contributed by atoms with Crippen LogP contribution in [0.1, 0.15) is 13.8 Å². The van der Waals surface area contributed by atoms with Crippen LogP contribution < -0.4 is 14.8 Å². The Morgan fingerprint density at radius 2 is 1.75 bits per heavy atom. The lowest BCUT2D eigenvalue weighted by atomic mass is 10.2. The fourth-order valence-corrected chi connectivity index (χ4v) is 2.27. The maximum absolute atomic E-state index is 13.9. The Hall–Kier alpha value is -2.96. The molecule has 0 spiro atoms. The number of hydrogen-bond acceptors (Lipinski definition) is 6. The van der Waals surface area contributed by atoms with Gasteiger partial charge in [0.15, 0.2) is 0 Å². The van der Waals surface area contributed by atoms with Crippen molar-refractivity contribution >= 4 is 22.5 Å². The van der Waals surface area contributed by atoms with Crippen LogP contribution in [0.2, 0.25) is 0 Å². The number of aromatic nitrogens is 3. The minimum Gasteiger partial charge on any atom is -0.478 e. The first-order valence-corrected chi connectivity index (χ1v) is 7.66. The number of fused-ring (bicyclic) bond motifs is 1. The van der Waals surface area contributed by atoms with Crippen LogP contribution in [0, 0.1) is 5.82 Å². The Balaban J connectivity index is 2.00. The van der Waals surface area contributed by atoms with E-state index in [1.54, 1.807) is 24.3 Å². The predicted octanol–water partition coefficient (Wildman–Crippen LogP) is 3.70. The van der Waals surface area contributed by atoms with Crippen LogP contribution in [-0.2, 0) is 0 Å². The van der Waals surface area contributed by atoms with Crippen molar-refractivity contribution in [2.75, 3.05) is 18.5 Å². The summed E-state index contributed by atoms with van der Waals surface area (Å²) in [6.07, 6.45) is 1.53. The third-order valence-corrected chi connectivity index (χ3v) is 3.23. The van der Waals surface area contributed by atoms with Gasteiger partial charge in [-0.25, -0.2) is 4.39 Å². The van der Waals surface area contributed by atoms with Gasteiger partial charge >= 0.3 is 0 Å². The van der Waals surface area contributed by atoms with Crippen molar-refractivity contribution in [1.82, 2.24) is 15.0 Å². The van der Waals surface area contributed by atoms with Crippen LogP contribution in [-0.4, -0.2) is 28.2 Å². The summed E-state index contributed by atoms with van der Waals surface area (Å²) in [6, 6.07) is 8.15. The molecule has 0 fully saturated rings. The maximum Gasteiger partial charge on any atom is 0.233 e. The fourth-order valence-electron chi connectivity index (χ4n) is 2.27. The van der Waals surface area contributed by atoms with E-state index >= 15 is 0 Å². The third kappa shape index (κ3) is 3.34. The number of para-hydroxylation sites is 1. The molecule has 0 saturated carbocycles. The van der Waals surface area contributed by atoms with Crippen molar-refractivity contribution in [3.63, 3.8) is 0 Å².